The summed E-state index contributed by atoms with van der Waals surface area (Å²) < 4.78 is 7.64. The Labute approximate surface area is 94.7 Å². The zero-order chi connectivity index (χ0) is 10.8. The Morgan fingerprint density at radius 1 is 1.31 bits per heavy atom. The summed E-state index contributed by atoms with van der Waals surface area (Å²) in [4.78, 5) is 0. The summed E-state index contributed by atoms with van der Waals surface area (Å²) in [6.45, 7) is 1.75. The van der Waals surface area contributed by atoms with E-state index in [-0.39, 0.29) is 0 Å². The van der Waals surface area contributed by atoms with Gasteiger partial charge >= 0.3 is 0 Å². The van der Waals surface area contributed by atoms with Crippen LogP contribution in [0.3, 0.4) is 0 Å². The Kier molecular flexibility index (Phi) is 2.37. The highest BCUT2D eigenvalue weighted by Crippen LogP contribution is 2.34. The highest BCUT2D eigenvalue weighted by molar-refractivity contribution is 5.37. The predicted octanol–water partition coefficient (Wildman–Crippen LogP) is 2.45. The van der Waals surface area contributed by atoms with Gasteiger partial charge in [0.2, 0.25) is 0 Å². The Morgan fingerprint density at radius 2 is 2.25 bits per heavy atom. The van der Waals surface area contributed by atoms with Crippen LogP contribution in [0.15, 0.2) is 42.7 Å². The van der Waals surface area contributed by atoms with Gasteiger partial charge in [-0.2, -0.15) is 5.10 Å². The van der Waals surface area contributed by atoms with Crippen molar-refractivity contribution in [1.29, 1.82) is 0 Å². The Morgan fingerprint density at radius 3 is 3.12 bits per heavy atom. The largest absolute Gasteiger partial charge is 0.493 e. The van der Waals surface area contributed by atoms with Gasteiger partial charge in [0.25, 0.3) is 0 Å². The number of rotatable bonds is 2. The van der Waals surface area contributed by atoms with Crippen LogP contribution in [0.5, 0.6) is 5.75 Å². The molecular weight excluding hydrogens is 200 g/mol. The Bertz CT molecular complexity index is 465. The third-order valence-electron chi connectivity index (χ3n) is 3.05. The average molecular weight is 214 g/mol. The van der Waals surface area contributed by atoms with E-state index in [0.717, 1.165) is 25.3 Å². The van der Waals surface area contributed by atoms with Crippen LogP contribution in [0.2, 0.25) is 0 Å². The van der Waals surface area contributed by atoms with Gasteiger partial charge in [-0.3, -0.25) is 4.68 Å². The third-order valence-corrected chi connectivity index (χ3v) is 3.05. The fraction of sp³-hybridized carbons (Fsp3) is 0.308. The van der Waals surface area contributed by atoms with Crippen molar-refractivity contribution in [3.05, 3.63) is 48.3 Å². The molecule has 0 fully saturated rings. The first-order chi connectivity index (χ1) is 7.93. The first-order valence-corrected chi connectivity index (χ1v) is 5.62. The van der Waals surface area contributed by atoms with Gasteiger partial charge in [-0.15, -0.1) is 0 Å². The summed E-state index contributed by atoms with van der Waals surface area (Å²) in [6, 6.07) is 10.3. The van der Waals surface area contributed by atoms with Gasteiger partial charge in [-0.25, -0.2) is 0 Å². The molecule has 2 aromatic rings. The molecule has 3 nitrogen and oxygen atoms in total. The molecule has 3 heteroatoms. The second-order valence-corrected chi connectivity index (χ2v) is 4.10. The monoisotopic (exact) mass is 214 g/mol. The first kappa shape index (κ1) is 9.46. The van der Waals surface area contributed by atoms with E-state index in [4.69, 9.17) is 4.74 Å². The van der Waals surface area contributed by atoms with Crippen molar-refractivity contribution < 1.29 is 4.74 Å². The maximum Gasteiger partial charge on any atom is 0.122 e. The molecule has 0 saturated heterocycles. The topological polar surface area (TPSA) is 27.1 Å². The molecular formula is C13H14N2O. The number of fused-ring (bicyclic) bond motifs is 1. The van der Waals surface area contributed by atoms with E-state index in [1.807, 2.05) is 35.3 Å². The van der Waals surface area contributed by atoms with Crippen LogP contribution in [0.4, 0.5) is 0 Å². The molecule has 0 bridgehead atoms. The van der Waals surface area contributed by atoms with Crippen molar-refractivity contribution in [3.8, 4) is 5.75 Å². The molecule has 0 aliphatic carbocycles. The predicted molar refractivity (Wildman–Crippen MR) is 61.5 cm³/mol. The molecule has 0 spiro atoms. The van der Waals surface area contributed by atoms with Gasteiger partial charge in [0.1, 0.15) is 5.75 Å². The minimum atomic E-state index is 0.518. The lowest BCUT2D eigenvalue weighted by Gasteiger charge is -2.25. The number of hydrogen-bond acceptors (Lipinski definition) is 2. The highest BCUT2D eigenvalue weighted by atomic mass is 16.5. The number of hydrogen-bond donors (Lipinski definition) is 0. The molecule has 0 radical (unpaired) electrons. The van der Waals surface area contributed by atoms with E-state index in [9.17, 15) is 0 Å². The fourth-order valence-electron chi connectivity index (χ4n) is 2.24. The number of nitrogens with zero attached hydrogens (tertiary/aromatic N) is 2. The lowest BCUT2D eigenvalue weighted by Crippen LogP contribution is -2.18. The quantitative estimate of drug-likeness (QED) is 0.767. The van der Waals surface area contributed by atoms with Crippen LogP contribution in [0, 0.1) is 0 Å². The normalized spacial score (nSPS) is 18.9. The summed E-state index contributed by atoms with van der Waals surface area (Å²) in [5.74, 6) is 1.55. The fourth-order valence-corrected chi connectivity index (χ4v) is 2.24. The maximum atomic E-state index is 5.64. The standard InChI is InChI=1S/C13H14N2O/c1-2-5-13-12(4-1)11(6-9-16-13)10-15-8-3-7-14-15/h1-5,7-8,11H,6,9-10H2. The van der Waals surface area contributed by atoms with E-state index in [0.29, 0.717) is 5.92 Å². The van der Waals surface area contributed by atoms with E-state index in [1.54, 1.807) is 0 Å². The molecule has 2 heterocycles. The zero-order valence-corrected chi connectivity index (χ0v) is 9.04. The van der Waals surface area contributed by atoms with E-state index in [2.05, 4.69) is 17.2 Å². The summed E-state index contributed by atoms with van der Waals surface area (Å²) in [7, 11) is 0. The smallest absolute Gasteiger partial charge is 0.122 e. The minimum absolute atomic E-state index is 0.518. The molecule has 1 atom stereocenters. The van der Waals surface area contributed by atoms with Crippen LogP contribution >= 0.6 is 0 Å². The summed E-state index contributed by atoms with van der Waals surface area (Å²) in [6.07, 6.45) is 4.90. The van der Waals surface area contributed by atoms with E-state index >= 15 is 0 Å². The summed E-state index contributed by atoms with van der Waals surface area (Å²) in [5.41, 5.74) is 1.31. The van der Waals surface area contributed by atoms with Gasteiger partial charge in [-0.1, -0.05) is 18.2 Å². The maximum absolute atomic E-state index is 5.64. The lowest BCUT2D eigenvalue weighted by atomic mass is 9.93. The van der Waals surface area contributed by atoms with Gasteiger partial charge in [0.15, 0.2) is 0 Å². The van der Waals surface area contributed by atoms with Crippen LogP contribution in [-0.4, -0.2) is 16.4 Å². The van der Waals surface area contributed by atoms with Gasteiger partial charge in [-0.05, 0) is 24.1 Å². The number of benzene rings is 1. The van der Waals surface area contributed by atoms with E-state index < -0.39 is 0 Å². The molecule has 0 amide bonds. The van der Waals surface area contributed by atoms with Crippen LogP contribution < -0.4 is 4.74 Å². The first-order valence-electron chi connectivity index (χ1n) is 5.62. The van der Waals surface area contributed by atoms with Crippen molar-refractivity contribution in [1.82, 2.24) is 9.78 Å². The molecule has 1 aliphatic rings. The van der Waals surface area contributed by atoms with Crippen LogP contribution in [0.1, 0.15) is 17.9 Å². The average Bonchev–Trinajstić information content (AvgIpc) is 2.82. The van der Waals surface area contributed by atoms with Gasteiger partial charge < -0.3 is 4.74 Å². The zero-order valence-electron chi connectivity index (χ0n) is 9.04. The second-order valence-electron chi connectivity index (χ2n) is 4.10. The minimum Gasteiger partial charge on any atom is -0.493 e. The number of para-hydroxylation sites is 1. The molecule has 1 aliphatic heterocycles. The molecule has 82 valence electrons. The van der Waals surface area contributed by atoms with Crippen LogP contribution in [-0.2, 0) is 6.54 Å². The Balaban J connectivity index is 1.87. The van der Waals surface area contributed by atoms with Crippen molar-refractivity contribution in [2.24, 2.45) is 0 Å². The van der Waals surface area contributed by atoms with Crippen molar-refractivity contribution >= 4 is 0 Å². The summed E-state index contributed by atoms with van der Waals surface area (Å²) in [5, 5.41) is 4.26. The third kappa shape index (κ3) is 1.69. The second kappa shape index (κ2) is 4.00. The number of ether oxygens (including phenoxy) is 1. The van der Waals surface area contributed by atoms with Crippen molar-refractivity contribution in [3.63, 3.8) is 0 Å². The summed E-state index contributed by atoms with van der Waals surface area (Å²) >= 11 is 0. The molecule has 3 rings (SSSR count). The van der Waals surface area contributed by atoms with Crippen molar-refractivity contribution in [2.75, 3.05) is 6.61 Å². The molecule has 1 aromatic heterocycles. The van der Waals surface area contributed by atoms with E-state index in [1.165, 1.54) is 5.56 Å². The van der Waals surface area contributed by atoms with Crippen LogP contribution in [0.25, 0.3) is 0 Å². The number of aromatic nitrogens is 2. The van der Waals surface area contributed by atoms with Gasteiger partial charge in [0, 0.05) is 24.9 Å². The molecule has 0 saturated carbocycles. The molecule has 1 unspecified atom stereocenters. The van der Waals surface area contributed by atoms with Gasteiger partial charge in [0.05, 0.1) is 6.61 Å². The van der Waals surface area contributed by atoms with Crippen molar-refractivity contribution in [2.45, 2.75) is 18.9 Å². The Hall–Kier alpha value is -1.77. The molecule has 0 N–H and O–H groups in total. The lowest BCUT2D eigenvalue weighted by molar-refractivity contribution is 0.256. The highest BCUT2D eigenvalue weighted by Gasteiger charge is 2.21. The molecule has 1 aromatic carbocycles. The SMILES string of the molecule is c1ccc2c(c1)OCCC2Cn1cccn1. The molecule has 16 heavy (non-hydrogen) atoms.